The van der Waals surface area contributed by atoms with E-state index < -0.39 is 9.84 Å². The highest BCUT2D eigenvalue weighted by atomic mass is 32.2. The predicted molar refractivity (Wildman–Crippen MR) is 89.9 cm³/mol. The number of rotatable bonds is 4. The second kappa shape index (κ2) is 6.01. The molecule has 0 aromatic heterocycles. The number of nitrogens with zero attached hydrogens (tertiary/aromatic N) is 1. The first-order chi connectivity index (χ1) is 10.6. The molecule has 2 N–H and O–H groups in total. The summed E-state index contributed by atoms with van der Waals surface area (Å²) < 4.78 is 24.8. The fourth-order valence-electron chi connectivity index (χ4n) is 2.94. The minimum absolute atomic E-state index is 0.116. The largest absolute Gasteiger partial charge is 0.398 e. The van der Waals surface area contributed by atoms with Gasteiger partial charge in [0, 0.05) is 24.5 Å². The molecule has 0 saturated carbocycles. The first-order valence-corrected chi connectivity index (χ1v) is 9.13. The first-order valence-electron chi connectivity index (χ1n) is 7.48. The third kappa shape index (κ3) is 2.95. The molecular weight excluding hydrogens is 296 g/mol. The Morgan fingerprint density at radius 2 is 1.82 bits per heavy atom. The highest BCUT2D eigenvalue weighted by molar-refractivity contribution is 7.91. The number of sulfone groups is 1. The Kier molecular flexibility index (Phi) is 4.07. The zero-order valence-corrected chi connectivity index (χ0v) is 13.2. The van der Waals surface area contributed by atoms with E-state index >= 15 is 0 Å². The third-order valence-corrected chi connectivity index (χ3v) is 5.83. The molecule has 0 amide bonds. The van der Waals surface area contributed by atoms with Crippen molar-refractivity contribution in [1.29, 1.82) is 0 Å². The molecule has 5 heteroatoms. The van der Waals surface area contributed by atoms with E-state index in [1.807, 2.05) is 24.3 Å². The summed E-state index contributed by atoms with van der Waals surface area (Å²) in [6.45, 7) is 1.37. The Bertz CT molecular complexity index is 757. The van der Waals surface area contributed by atoms with Crippen LogP contribution in [0.2, 0.25) is 0 Å². The van der Waals surface area contributed by atoms with Crippen molar-refractivity contribution >= 4 is 21.2 Å². The van der Waals surface area contributed by atoms with E-state index in [1.54, 1.807) is 24.3 Å². The number of hydrogen-bond acceptors (Lipinski definition) is 4. The van der Waals surface area contributed by atoms with Gasteiger partial charge in [-0.15, -0.1) is 0 Å². The summed E-state index contributed by atoms with van der Waals surface area (Å²) in [5.74, 6) is 0.116. The summed E-state index contributed by atoms with van der Waals surface area (Å²) in [4.78, 5) is 2.52. The fourth-order valence-corrected chi connectivity index (χ4v) is 4.20. The van der Waals surface area contributed by atoms with Crippen molar-refractivity contribution in [2.75, 3.05) is 29.5 Å². The van der Waals surface area contributed by atoms with Crippen molar-refractivity contribution in [3.8, 4) is 0 Å². The van der Waals surface area contributed by atoms with Gasteiger partial charge in [-0.25, -0.2) is 8.42 Å². The van der Waals surface area contributed by atoms with E-state index in [2.05, 4.69) is 4.90 Å². The van der Waals surface area contributed by atoms with E-state index in [0.717, 1.165) is 36.3 Å². The fraction of sp³-hybridized carbons (Fsp3) is 0.294. The van der Waals surface area contributed by atoms with Gasteiger partial charge in [-0.1, -0.05) is 24.3 Å². The molecule has 3 rings (SSSR count). The van der Waals surface area contributed by atoms with Crippen LogP contribution in [-0.2, 0) is 16.3 Å². The topological polar surface area (TPSA) is 63.4 Å². The lowest BCUT2D eigenvalue weighted by molar-refractivity contribution is 0.593. The normalized spacial score (nSPS) is 14.6. The van der Waals surface area contributed by atoms with E-state index in [0.29, 0.717) is 11.4 Å². The molecule has 1 aliphatic rings. The van der Waals surface area contributed by atoms with Gasteiger partial charge in [0.15, 0.2) is 9.84 Å². The van der Waals surface area contributed by atoms with Crippen LogP contribution in [0.3, 0.4) is 0 Å². The average Bonchev–Trinajstić information content (AvgIpc) is 2.54. The molecule has 0 unspecified atom stereocenters. The van der Waals surface area contributed by atoms with E-state index in [-0.39, 0.29) is 5.75 Å². The van der Waals surface area contributed by atoms with Gasteiger partial charge in [0.2, 0.25) is 0 Å². The van der Waals surface area contributed by atoms with E-state index in [1.165, 1.54) is 0 Å². The Hall–Kier alpha value is -2.01. The summed E-state index contributed by atoms with van der Waals surface area (Å²) in [5, 5.41) is 0. The average molecular weight is 316 g/mol. The number of anilines is 2. The lowest BCUT2D eigenvalue weighted by Crippen LogP contribution is -2.34. The maximum atomic E-state index is 12.4. The third-order valence-electron chi connectivity index (χ3n) is 4.12. The van der Waals surface area contributed by atoms with Crippen LogP contribution in [0.4, 0.5) is 11.4 Å². The molecule has 0 spiro atoms. The minimum atomic E-state index is -3.25. The van der Waals surface area contributed by atoms with Gasteiger partial charge in [0.1, 0.15) is 0 Å². The summed E-state index contributed by atoms with van der Waals surface area (Å²) in [5.41, 5.74) is 9.05. The summed E-state index contributed by atoms with van der Waals surface area (Å²) in [6.07, 6.45) is 1.97. The van der Waals surface area contributed by atoms with Crippen molar-refractivity contribution in [1.82, 2.24) is 0 Å². The van der Waals surface area contributed by atoms with Crippen LogP contribution in [0.15, 0.2) is 53.4 Å². The SMILES string of the molecule is Nc1cccc2c1CCCN2CCS(=O)(=O)c1ccccc1. The van der Waals surface area contributed by atoms with Crippen LogP contribution in [0.5, 0.6) is 0 Å². The molecule has 2 aromatic carbocycles. The number of benzene rings is 2. The summed E-state index contributed by atoms with van der Waals surface area (Å²) in [6, 6.07) is 14.5. The molecule has 0 aliphatic carbocycles. The Morgan fingerprint density at radius 3 is 2.59 bits per heavy atom. The van der Waals surface area contributed by atoms with Gasteiger partial charge < -0.3 is 10.6 Å². The second-order valence-corrected chi connectivity index (χ2v) is 7.68. The van der Waals surface area contributed by atoms with Crippen molar-refractivity contribution in [3.05, 3.63) is 54.1 Å². The van der Waals surface area contributed by atoms with Crippen LogP contribution >= 0.6 is 0 Å². The van der Waals surface area contributed by atoms with Crippen LogP contribution in [0, 0.1) is 0 Å². The van der Waals surface area contributed by atoms with Crippen molar-refractivity contribution < 1.29 is 8.42 Å². The highest BCUT2D eigenvalue weighted by Gasteiger charge is 2.21. The first kappa shape index (κ1) is 14.9. The second-order valence-electron chi connectivity index (χ2n) is 5.57. The van der Waals surface area contributed by atoms with Crippen molar-refractivity contribution in [3.63, 3.8) is 0 Å². The zero-order valence-electron chi connectivity index (χ0n) is 12.4. The molecule has 0 radical (unpaired) electrons. The van der Waals surface area contributed by atoms with Crippen LogP contribution < -0.4 is 10.6 Å². The van der Waals surface area contributed by atoms with Gasteiger partial charge in [0.25, 0.3) is 0 Å². The monoisotopic (exact) mass is 316 g/mol. The Labute approximate surface area is 131 Å². The molecule has 0 bridgehead atoms. The molecule has 4 nitrogen and oxygen atoms in total. The van der Waals surface area contributed by atoms with Gasteiger partial charge in [0.05, 0.1) is 10.6 Å². The Balaban J connectivity index is 1.78. The van der Waals surface area contributed by atoms with Gasteiger partial charge in [-0.05, 0) is 42.7 Å². The van der Waals surface area contributed by atoms with Crippen molar-refractivity contribution in [2.24, 2.45) is 0 Å². The Morgan fingerprint density at radius 1 is 1.05 bits per heavy atom. The van der Waals surface area contributed by atoms with Crippen LogP contribution in [0.25, 0.3) is 0 Å². The lowest BCUT2D eigenvalue weighted by Gasteiger charge is -2.32. The van der Waals surface area contributed by atoms with E-state index in [9.17, 15) is 8.42 Å². The quantitative estimate of drug-likeness (QED) is 0.880. The highest BCUT2D eigenvalue weighted by Crippen LogP contribution is 2.31. The smallest absolute Gasteiger partial charge is 0.180 e. The minimum Gasteiger partial charge on any atom is -0.398 e. The molecule has 22 heavy (non-hydrogen) atoms. The van der Waals surface area contributed by atoms with Crippen molar-refractivity contribution in [2.45, 2.75) is 17.7 Å². The van der Waals surface area contributed by atoms with Crippen LogP contribution in [-0.4, -0.2) is 27.3 Å². The maximum Gasteiger partial charge on any atom is 0.180 e. The van der Waals surface area contributed by atoms with Gasteiger partial charge in [-0.3, -0.25) is 0 Å². The molecular formula is C17H20N2O2S. The maximum absolute atomic E-state index is 12.4. The van der Waals surface area contributed by atoms with Gasteiger partial charge >= 0.3 is 0 Å². The lowest BCUT2D eigenvalue weighted by atomic mass is 10.00. The number of nitrogen functional groups attached to an aromatic ring is 1. The predicted octanol–water partition coefficient (Wildman–Crippen LogP) is 2.50. The van der Waals surface area contributed by atoms with Gasteiger partial charge in [-0.2, -0.15) is 0 Å². The molecule has 1 aliphatic heterocycles. The zero-order chi connectivity index (χ0) is 15.6. The number of hydrogen-bond donors (Lipinski definition) is 1. The molecule has 0 atom stereocenters. The van der Waals surface area contributed by atoms with E-state index in [4.69, 9.17) is 5.73 Å². The molecule has 1 heterocycles. The standard InChI is InChI=1S/C17H20N2O2S/c18-16-9-4-10-17-15(16)8-5-11-19(17)12-13-22(20,21)14-6-2-1-3-7-14/h1-4,6-7,9-10H,5,8,11-13,18H2. The molecule has 2 aromatic rings. The number of fused-ring (bicyclic) bond motifs is 1. The molecule has 0 fully saturated rings. The molecule has 116 valence electrons. The summed E-state index contributed by atoms with van der Waals surface area (Å²) >= 11 is 0. The van der Waals surface area contributed by atoms with Crippen LogP contribution in [0.1, 0.15) is 12.0 Å². The number of nitrogens with two attached hydrogens (primary N) is 1. The summed E-state index contributed by atoms with van der Waals surface area (Å²) in [7, 11) is -3.25. The molecule has 0 saturated heterocycles.